The lowest BCUT2D eigenvalue weighted by molar-refractivity contribution is 0.305. The second-order valence-electron chi connectivity index (χ2n) is 5.26. The van der Waals surface area contributed by atoms with E-state index in [4.69, 9.17) is 4.74 Å². The zero-order chi connectivity index (χ0) is 15.9. The molecule has 0 saturated heterocycles. The van der Waals surface area contributed by atoms with E-state index >= 15 is 0 Å². The SMILES string of the molecule is CN(C)c1ccc(C(C#N)CCOc2ccc(F)cc2)cc1. The van der Waals surface area contributed by atoms with Gasteiger partial charge in [-0.3, -0.25) is 0 Å². The highest BCUT2D eigenvalue weighted by Gasteiger charge is 2.11. The van der Waals surface area contributed by atoms with E-state index in [1.54, 1.807) is 12.1 Å². The molecular formula is C18H19FN2O. The van der Waals surface area contributed by atoms with E-state index in [1.807, 2.05) is 43.3 Å². The molecule has 2 rings (SSSR count). The van der Waals surface area contributed by atoms with Gasteiger partial charge in [-0.25, -0.2) is 4.39 Å². The van der Waals surface area contributed by atoms with Crippen molar-refractivity contribution in [1.29, 1.82) is 5.26 Å². The van der Waals surface area contributed by atoms with Gasteiger partial charge in [-0.05, 0) is 42.0 Å². The topological polar surface area (TPSA) is 36.3 Å². The zero-order valence-corrected chi connectivity index (χ0v) is 12.8. The van der Waals surface area contributed by atoms with E-state index in [9.17, 15) is 9.65 Å². The highest BCUT2D eigenvalue weighted by atomic mass is 19.1. The molecule has 0 heterocycles. The minimum Gasteiger partial charge on any atom is -0.494 e. The molecule has 114 valence electrons. The summed E-state index contributed by atoms with van der Waals surface area (Å²) in [5, 5.41) is 9.33. The number of hydrogen-bond acceptors (Lipinski definition) is 3. The van der Waals surface area contributed by atoms with Gasteiger partial charge >= 0.3 is 0 Å². The maximum absolute atomic E-state index is 12.8. The molecule has 0 fully saturated rings. The summed E-state index contributed by atoms with van der Waals surface area (Å²) in [4.78, 5) is 2.02. The average Bonchev–Trinajstić information content (AvgIpc) is 2.53. The molecule has 0 N–H and O–H groups in total. The molecule has 0 spiro atoms. The van der Waals surface area contributed by atoms with Crippen molar-refractivity contribution in [3.05, 3.63) is 59.9 Å². The van der Waals surface area contributed by atoms with Gasteiger partial charge in [0.25, 0.3) is 0 Å². The maximum Gasteiger partial charge on any atom is 0.123 e. The lowest BCUT2D eigenvalue weighted by Crippen LogP contribution is -2.09. The van der Waals surface area contributed by atoms with E-state index in [2.05, 4.69) is 6.07 Å². The lowest BCUT2D eigenvalue weighted by atomic mass is 9.97. The summed E-state index contributed by atoms with van der Waals surface area (Å²) in [5.74, 6) is 0.112. The smallest absolute Gasteiger partial charge is 0.123 e. The molecule has 0 aliphatic rings. The molecule has 22 heavy (non-hydrogen) atoms. The predicted octanol–water partition coefficient (Wildman–Crippen LogP) is 3.97. The Labute approximate surface area is 130 Å². The molecule has 1 atom stereocenters. The third-order valence-corrected chi connectivity index (χ3v) is 3.46. The Morgan fingerprint density at radius 1 is 1.09 bits per heavy atom. The average molecular weight is 298 g/mol. The Morgan fingerprint density at radius 3 is 2.27 bits per heavy atom. The highest BCUT2D eigenvalue weighted by Crippen LogP contribution is 2.22. The van der Waals surface area contributed by atoms with Crippen LogP contribution < -0.4 is 9.64 Å². The van der Waals surface area contributed by atoms with Crippen LogP contribution in [0.5, 0.6) is 5.75 Å². The van der Waals surface area contributed by atoms with E-state index in [0.29, 0.717) is 18.8 Å². The quantitative estimate of drug-likeness (QED) is 0.809. The van der Waals surface area contributed by atoms with E-state index in [1.165, 1.54) is 12.1 Å². The van der Waals surface area contributed by atoms with Crippen LogP contribution in [0.25, 0.3) is 0 Å². The fraction of sp³-hybridized carbons (Fsp3) is 0.278. The van der Waals surface area contributed by atoms with Crippen molar-refractivity contribution in [2.45, 2.75) is 12.3 Å². The fourth-order valence-electron chi connectivity index (χ4n) is 2.14. The third-order valence-electron chi connectivity index (χ3n) is 3.46. The van der Waals surface area contributed by atoms with Crippen molar-refractivity contribution in [3.8, 4) is 11.8 Å². The van der Waals surface area contributed by atoms with Crippen LogP contribution in [-0.2, 0) is 0 Å². The van der Waals surface area contributed by atoms with Gasteiger partial charge in [-0.1, -0.05) is 12.1 Å². The van der Waals surface area contributed by atoms with Crippen LogP contribution in [0.1, 0.15) is 17.9 Å². The van der Waals surface area contributed by atoms with Crippen molar-refractivity contribution in [2.24, 2.45) is 0 Å². The highest BCUT2D eigenvalue weighted by molar-refractivity contribution is 5.47. The van der Waals surface area contributed by atoms with Crippen LogP contribution in [0.4, 0.5) is 10.1 Å². The van der Waals surface area contributed by atoms with Gasteiger partial charge in [0.15, 0.2) is 0 Å². The van der Waals surface area contributed by atoms with Crippen LogP contribution >= 0.6 is 0 Å². The van der Waals surface area contributed by atoms with Gasteiger partial charge in [0.05, 0.1) is 18.6 Å². The Morgan fingerprint density at radius 2 is 1.73 bits per heavy atom. The summed E-state index contributed by atoms with van der Waals surface area (Å²) in [6.45, 7) is 0.416. The molecule has 0 amide bonds. The number of halogens is 1. The van der Waals surface area contributed by atoms with Crippen LogP contribution in [0, 0.1) is 17.1 Å². The molecule has 0 radical (unpaired) electrons. The summed E-state index contributed by atoms with van der Waals surface area (Å²) in [6, 6.07) is 16.1. The molecule has 3 nitrogen and oxygen atoms in total. The first-order chi connectivity index (χ1) is 10.6. The number of nitriles is 1. The predicted molar refractivity (Wildman–Crippen MR) is 85.6 cm³/mol. The van der Waals surface area contributed by atoms with Gasteiger partial charge in [-0.2, -0.15) is 5.26 Å². The first-order valence-corrected chi connectivity index (χ1v) is 7.15. The largest absolute Gasteiger partial charge is 0.494 e. The third kappa shape index (κ3) is 4.23. The Kier molecular flexibility index (Phi) is 5.37. The molecular weight excluding hydrogens is 279 g/mol. The van der Waals surface area contributed by atoms with Crippen LogP contribution in [0.3, 0.4) is 0 Å². The number of nitrogens with zero attached hydrogens (tertiary/aromatic N) is 2. The molecule has 0 bridgehead atoms. The van der Waals surface area contributed by atoms with Crippen LogP contribution in [-0.4, -0.2) is 20.7 Å². The number of ether oxygens (including phenoxy) is 1. The van der Waals surface area contributed by atoms with Gasteiger partial charge in [0.2, 0.25) is 0 Å². The summed E-state index contributed by atoms with van der Waals surface area (Å²) in [6.07, 6.45) is 0.592. The second-order valence-corrected chi connectivity index (χ2v) is 5.26. The van der Waals surface area contributed by atoms with Gasteiger partial charge in [0.1, 0.15) is 11.6 Å². The summed E-state index contributed by atoms with van der Waals surface area (Å²) in [5.41, 5.74) is 2.08. The molecule has 1 unspecified atom stereocenters. The Balaban J connectivity index is 1.92. The molecule has 0 aliphatic carbocycles. The second kappa shape index (κ2) is 7.46. The molecule has 0 saturated carbocycles. The summed E-state index contributed by atoms with van der Waals surface area (Å²) < 4.78 is 18.4. The first kappa shape index (κ1) is 15.8. The molecule has 4 heteroatoms. The Hall–Kier alpha value is -2.54. The van der Waals surface area contributed by atoms with Crippen LogP contribution in [0.2, 0.25) is 0 Å². The normalized spacial score (nSPS) is 11.5. The minimum atomic E-state index is -0.289. The van der Waals surface area contributed by atoms with Gasteiger partial charge in [-0.15, -0.1) is 0 Å². The van der Waals surface area contributed by atoms with Gasteiger partial charge < -0.3 is 9.64 Å². The number of rotatable bonds is 6. The van der Waals surface area contributed by atoms with E-state index < -0.39 is 0 Å². The molecule has 0 aromatic heterocycles. The number of anilines is 1. The number of benzene rings is 2. The summed E-state index contributed by atoms with van der Waals surface area (Å²) >= 11 is 0. The number of hydrogen-bond donors (Lipinski definition) is 0. The Bertz CT molecular complexity index is 630. The standard InChI is InChI=1S/C18H19FN2O/c1-21(2)17-7-3-14(4-8-17)15(13-20)11-12-22-18-9-5-16(19)6-10-18/h3-10,15H,11-12H2,1-2H3. The van der Waals surface area contributed by atoms with Crippen molar-refractivity contribution < 1.29 is 9.13 Å². The van der Waals surface area contributed by atoms with Crippen molar-refractivity contribution in [3.63, 3.8) is 0 Å². The van der Waals surface area contributed by atoms with Crippen molar-refractivity contribution in [1.82, 2.24) is 0 Å². The van der Waals surface area contributed by atoms with Crippen molar-refractivity contribution >= 4 is 5.69 Å². The summed E-state index contributed by atoms with van der Waals surface area (Å²) in [7, 11) is 3.96. The lowest BCUT2D eigenvalue weighted by Gasteiger charge is -2.15. The molecule has 0 aliphatic heterocycles. The van der Waals surface area contributed by atoms with Crippen molar-refractivity contribution in [2.75, 3.05) is 25.6 Å². The monoisotopic (exact) mass is 298 g/mol. The zero-order valence-electron chi connectivity index (χ0n) is 12.8. The minimum absolute atomic E-state index is 0.211. The van der Waals surface area contributed by atoms with Gasteiger partial charge in [0, 0.05) is 26.2 Å². The van der Waals surface area contributed by atoms with E-state index in [-0.39, 0.29) is 11.7 Å². The van der Waals surface area contributed by atoms with Crippen LogP contribution in [0.15, 0.2) is 48.5 Å². The maximum atomic E-state index is 12.8. The fourth-order valence-corrected chi connectivity index (χ4v) is 2.14. The first-order valence-electron chi connectivity index (χ1n) is 7.15. The molecule has 2 aromatic carbocycles. The van der Waals surface area contributed by atoms with E-state index in [0.717, 1.165) is 11.3 Å². The molecule has 2 aromatic rings.